The number of anilines is 1. The fraction of sp³-hybridized carbons (Fsp3) is 0.130. The van der Waals surface area contributed by atoms with Crippen LogP contribution in [0.5, 0.6) is 0 Å². The quantitative estimate of drug-likeness (QED) is 0.439. The minimum Gasteiger partial charge on any atom is -0.451 e. The smallest absolute Gasteiger partial charge is 0.356 e. The van der Waals surface area contributed by atoms with E-state index in [4.69, 9.17) is 16.3 Å². The number of pyridine rings is 1. The van der Waals surface area contributed by atoms with E-state index in [9.17, 15) is 14.4 Å². The number of carbonyl (C=O) groups excluding carboxylic acids is 2. The summed E-state index contributed by atoms with van der Waals surface area (Å²) in [7, 11) is 1.50. The van der Waals surface area contributed by atoms with Gasteiger partial charge in [-0.3, -0.25) is 14.9 Å². The van der Waals surface area contributed by atoms with E-state index < -0.39 is 18.5 Å². The van der Waals surface area contributed by atoms with Crippen molar-refractivity contribution >= 4 is 50.7 Å². The molecule has 0 radical (unpaired) electrons. The molecule has 32 heavy (non-hydrogen) atoms. The lowest BCUT2D eigenvalue weighted by atomic mass is 9.97. The van der Waals surface area contributed by atoms with E-state index in [0.29, 0.717) is 32.1 Å². The molecule has 0 aliphatic rings. The maximum atomic E-state index is 13.1. The zero-order chi connectivity index (χ0) is 22.8. The normalized spacial score (nSPS) is 10.8. The van der Waals surface area contributed by atoms with Crippen LogP contribution >= 0.6 is 22.9 Å². The van der Waals surface area contributed by atoms with E-state index in [1.165, 1.54) is 23.0 Å². The zero-order valence-electron chi connectivity index (χ0n) is 17.2. The van der Waals surface area contributed by atoms with Crippen molar-refractivity contribution in [3.8, 4) is 11.1 Å². The van der Waals surface area contributed by atoms with Crippen LogP contribution in [0.3, 0.4) is 0 Å². The van der Waals surface area contributed by atoms with Crippen molar-refractivity contribution in [2.45, 2.75) is 6.92 Å². The molecule has 0 bridgehead atoms. The monoisotopic (exact) mass is 467 g/mol. The number of thiazole rings is 1. The molecule has 0 atom stereocenters. The van der Waals surface area contributed by atoms with E-state index in [0.717, 1.165) is 5.69 Å². The second kappa shape index (κ2) is 8.94. The van der Waals surface area contributed by atoms with Crippen LogP contribution in [0.1, 0.15) is 16.2 Å². The summed E-state index contributed by atoms with van der Waals surface area (Å²) in [6, 6.07) is 14.0. The number of hydrogen-bond donors (Lipinski definition) is 1. The Kier molecular flexibility index (Phi) is 6.07. The molecule has 0 spiro atoms. The molecule has 0 aliphatic carbocycles. The highest BCUT2D eigenvalue weighted by atomic mass is 35.5. The van der Waals surface area contributed by atoms with Crippen molar-refractivity contribution in [1.82, 2.24) is 9.55 Å². The first-order valence-electron chi connectivity index (χ1n) is 9.62. The fourth-order valence-electron chi connectivity index (χ4n) is 3.38. The van der Waals surface area contributed by atoms with Gasteiger partial charge in [0.1, 0.15) is 5.69 Å². The molecular formula is C23H18ClN3O4S. The van der Waals surface area contributed by atoms with Gasteiger partial charge in [0.25, 0.3) is 11.5 Å². The van der Waals surface area contributed by atoms with Gasteiger partial charge in [0, 0.05) is 28.4 Å². The zero-order valence-corrected chi connectivity index (χ0v) is 18.8. The molecule has 7 nitrogen and oxygen atoms in total. The summed E-state index contributed by atoms with van der Waals surface area (Å²) >= 11 is 7.31. The maximum Gasteiger partial charge on any atom is 0.356 e. The van der Waals surface area contributed by atoms with Crippen LogP contribution < -0.4 is 10.9 Å². The lowest BCUT2D eigenvalue weighted by Gasteiger charge is -2.16. The van der Waals surface area contributed by atoms with E-state index in [2.05, 4.69) is 10.3 Å². The molecule has 2 heterocycles. The highest BCUT2D eigenvalue weighted by Crippen LogP contribution is 2.31. The summed E-state index contributed by atoms with van der Waals surface area (Å²) in [5, 5.41) is 6.42. The molecule has 162 valence electrons. The molecule has 1 N–H and O–H groups in total. The van der Waals surface area contributed by atoms with Gasteiger partial charge in [-0.25, -0.2) is 9.78 Å². The summed E-state index contributed by atoms with van der Waals surface area (Å²) in [5.41, 5.74) is 1.71. The summed E-state index contributed by atoms with van der Waals surface area (Å²) < 4.78 is 6.53. The molecule has 4 aromatic rings. The van der Waals surface area contributed by atoms with Gasteiger partial charge in [-0.15, -0.1) is 11.3 Å². The molecule has 2 aromatic carbocycles. The molecule has 0 fully saturated rings. The Labute approximate surface area is 192 Å². The summed E-state index contributed by atoms with van der Waals surface area (Å²) in [6.45, 7) is 1.29. The Balaban J connectivity index is 1.72. The molecule has 0 saturated heterocycles. The topological polar surface area (TPSA) is 90.3 Å². The number of benzene rings is 2. The van der Waals surface area contributed by atoms with E-state index in [-0.39, 0.29) is 11.3 Å². The minimum absolute atomic E-state index is 0.0499. The van der Waals surface area contributed by atoms with Gasteiger partial charge in [-0.2, -0.15) is 0 Å². The highest BCUT2D eigenvalue weighted by molar-refractivity contribution is 7.13. The van der Waals surface area contributed by atoms with Gasteiger partial charge < -0.3 is 9.30 Å². The summed E-state index contributed by atoms with van der Waals surface area (Å²) in [6.07, 6.45) is 0. The number of nitrogens with one attached hydrogen (secondary N) is 1. The van der Waals surface area contributed by atoms with Crippen LogP contribution in [0.4, 0.5) is 5.13 Å². The number of amides is 1. The standard InChI is InChI=1S/C23H18ClN3O4S/c1-13-12-32-23(25-13)26-18(28)11-31-22(30)20-19(14-7-9-15(24)10-8-14)16-5-3-4-6-17(16)21(29)27(20)2/h3-10,12H,11H2,1-2H3,(H,25,26,28). The first-order chi connectivity index (χ1) is 15.3. The molecular weight excluding hydrogens is 450 g/mol. The third-order valence-electron chi connectivity index (χ3n) is 4.83. The highest BCUT2D eigenvalue weighted by Gasteiger charge is 2.23. The van der Waals surface area contributed by atoms with Crippen LogP contribution in [-0.4, -0.2) is 28.0 Å². The molecule has 0 aliphatic heterocycles. The van der Waals surface area contributed by atoms with Crippen LogP contribution in [0.15, 0.2) is 58.7 Å². The van der Waals surface area contributed by atoms with E-state index in [1.807, 2.05) is 6.92 Å². The number of rotatable bonds is 5. The third-order valence-corrected chi connectivity index (χ3v) is 5.96. The van der Waals surface area contributed by atoms with E-state index >= 15 is 0 Å². The van der Waals surface area contributed by atoms with Gasteiger partial charge in [0.15, 0.2) is 11.7 Å². The van der Waals surface area contributed by atoms with Gasteiger partial charge in [-0.1, -0.05) is 41.9 Å². The first kappa shape index (κ1) is 21.7. The lowest BCUT2D eigenvalue weighted by Crippen LogP contribution is -2.28. The largest absolute Gasteiger partial charge is 0.451 e. The first-order valence-corrected chi connectivity index (χ1v) is 10.9. The van der Waals surface area contributed by atoms with Gasteiger partial charge in [0.05, 0.1) is 5.69 Å². The second-order valence-corrected chi connectivity index (χ2v) is 8.35. The Bertz CT molecular complexity index is 1390. The van der Waals surface area contributed by atoms with Crippen molar-refractivity contribution in [2.75, 3.05) is 11.9 Å². The third kappa shape index (κ3) is 4.28. The number of aromatic nitrogens is 2. The second-order valence-electron chi connectivity index (χ2n) is 7.06. The van der Waals surface area contributed by atoms with Crippen molar-refractivity contribution in [3.05, 3.63) is 80.7 Å². The van der Waals surface area contributed by atoms with Crippen molar-refractivity contribution < 1.29 is 14.3 Å². The number of fused-ring (bicyclic) bond motifs is 1. The lowest BCUT2D eigenvalue weighted by molar-refractivity contribution is -0.119. The maximum absolute atomic E-state index is 13.1. The number of hydrogen-bond acceptors (Lipinski definition) is 6. The van der Waals surface area contributed by atoms with Gasteiger partial charge in [-0.05, 0) is 36.1 Å². The van der Waals surface area contributed by atoms with Crippen LogP contribution in [0, 0.1) is 6.92 Å². The summed E-state index contributed by atoms with van der Waals surface area (Å²) in [5.74, 6) is -1.31. The number of ether oxygens (including phenoxy) is 1. The Hall–Kier alpha value is -3.49. The number of halogens is 1. The van der Waals surface area contributed by atoms with Gasteiger partial charge in [0.2, 0.25) is 0 Å². The van der Waals surface area contributed by atoms with Crippen LogP contribution in [0.25, 0.3) is 21.9 Å². The van der Waals surface area contributed by atoms with Crippen molar-refractivity contribution in [3.63, 3.8) is 0 Å². The Morgan fingerprint density at radius 3 is 2.47 bits per heavy atom. The number of esters is 1. The van der Waals surface area contributed by atoms with Crippen molar-refractivity contribution in [2.24, 2.45) is 7.05 Å². The molecule has 9 heteroatoms. The number of carbonyl (C=O) groups is 2. The fourth-order valence-corrected chi connectivity index (χ4v) is 4.21. The minimum atomic E-state index is -0.786. The van der Waals surface area contributed by atoms with Crippen molar-refractivity contribution in [1.29, 1.82) is 0 Å². The molecule has 0 saturated carbocycles. The molecule has 2 aromatic heterocycles. The Morgan fingerprint density at radius 1 is 1.12 bits per heavy atom. The average Bonchev–Trinajstić information content (AvgIpc) is 3.19. The van der Waals surface area contributed by atoms with E-state index in [1.54, 1.807) is 53.9 Å². The van der Waals surface area contributed by atoms with Crippen LogP contribution in [-0.2, 0) is 16.6 Å². The average molecular weight is 468 g/mol. The summed E-state index contributed by atoms with van der Waals surface area (Å²) in [4.78, 5) is 42.4. The SMILES string of the molecule is Cc1csc(NC(=O)COC(=O)c2c(-c3ccc(Cl)cc3)c3ccccc3c(=O)n2C)n1. The molecule has 4 rings (SSSR count). The number of aryl methyl sites for hydroxylation is 1. The Morgan fingerprint density at radius 2 is 1.81 bits per heavy atom. The molecule has 0 unspecified atom stereocenters. The molecule has 1 amide bonds. The van der Waals surface area contributed by atoms with Crippen LogP contribution in [0.2, 0.25) is 5.02 Å². The predicted molar refractivity (Wildman–Crippen MR) is 125 cm³/mol. The van der Waals surface area contributed by atoms with Gasteiger partial charge >= 0.3 is 5.97 Å². The predicted octanol–water partition coefficient (Wildman–Crippen LogP) is 4.42. The number of nitrogens with zero attached hydrogens (tertiary/aromatic N) is 2.